The number of aliphatic hydroxyl groups is 1. The number of rotatable bonds is 5. The zero-order valence-corrected chi connectivity index (χ0v) is 5.63. The van der Waals surface area contributed by atoms with E-state index >= 15 is 0 Å². The maximum atomic E-state index is 9.80. The second-order valence-corrected chi connectivity index (χ2v) is 2.05. The molecule has 3 heteroatoms. The molecule has 2 N–H and O–H groups in total. The van der Waals surface area contributed by atoms with E-state index in [1.165, 1.54) is 0 Å². The van der Waals surface area contributed by atoms with Crippen LogP contribution in [0.25, 0.3) is 0 Å². The van der Waals surface area contributed by atoms with E-state index < -0.39 is 0 Å². The third kappa shape index (κ3) is 5.30. The molecular weight excluding hydrogens is 118 g/mol. The lowest BCUT2D eigenvalue weighted by atomic mass is 10.2. The van der Waals surface area contributed by atoms with E-state index in [4.69, 9.17) is 5.11 Å². The molecule has 0 bridgehead atoms. The highest BCUT2D eigenvalue weighted by atomic mass is 16.2. The third-order valence-electron chi connectivity index (χ3n) is 1.15. The van der Waals surface area contributed by atoms with Gasteiger partial charge in [-0.25, -0.2) is 0 Å². The Labute approximate surface area is 55.1 Å². The predicted octanol–water partition coefficient (Wildman–Crippen LogP) is -0.107. The van der Waals surface area contributed by atoms with Crippen molar-refractivity contribution in [2.45, 2.75) is 25.8 Å². The molecule has 0 aliphatic carbocycles. The Hall–Kier alpha value is -0.570. The number of hydrogen-bond acceptors (Lipinski definition) is 2. The van der Waals surface area contributed by atoms with Crippen molar-refractivity contribution in [1.29, 1.82) is 0 Å². The van der Waals surface area contributed by atoms with Crippen LogP contribution in [0, 0.1) is 0 Å². The molecule has 0 rings (SSSR count). The van der Waals surface area contributed by atoms with Crippen LogP contribution >= 0.6 is 0 Å². The molecule has 1 atom stereocenters. The summed E-state index contributed by atoms with van der Waals surface area (Å²) in [6.07, 6.45) is 2.28. The molecule has 0 aromatic carbocycles. The minimum Gasteiger partial charge on any atom is -0.396 e. The fourth-order valence-corrected chi connectivity index (χ4v) is 0.597. The summed E-state index contributed by atoms with van der Waals surface area (Å²) in [6.45, 7) is 2.11. The van der Waals surface area contributed by atoms with Gasteiger partial charge in [0.2, 0.25) is 6.41 Å². The minimum absolute atomic E-state index is 0.189. The van der Waals surface area contributed by atoms with Crippen LogP contribution in [-0.4, -0.2) is 24.2 Å². The van der Waals surface area contributed by atoms with Gasteiger partial charge in [-0.15, -0.1) is 0 Å². The van der Waals surface area contributed by atoms with E-state index in [1.54, 1.807) is 0 Å². The smallest absolute Gasteiger partial charge is 0.207 e. The van der Waals surface area contributed by atoms with Gasteiger partial charge in [0, 0.05) is 12.6 Å². The molecule has 1 amide bonds. The fraction of sp³-hybridized carbons (Fsp3) is 0.833. The molecule has 0 fully saturated rings. The van der Waals surface area contributed by atoms with E-state index in [0.717, 1.165) is 12.8 Å². The number of amides is 1. The number of aliphatic hydroxyl groups excluding tert-OH is 1. The Morgan fingerprint density at radius 3 is 2.89 bits per heavy atom. The van der Waals surface area contributed by atoms with Crippen LogP contribution < -0.4 is 5.32 Å². The van der Waals surface area contributed by atoms with Crippen LogP contribution in [0.15, 0.2) is 0 Å². The quantitative estimate of drug-likeness (QED) is 0.511. The van der Waals surface area contributed by atoms with Crippen LogP contribution in [0.4, 0.5) is 0 Å². The van der Waals surface area contributed by atoms with E-state index in [-0.39, 0.29) is 12.6 Å². The summed E-state index contributed by atoms with van der Waals surface area (Å²) in [5.41, 5.74) is 0. The summed E-state index contributed by atoms with van der Waals surface area (Å²) in [5, 5.41) is 11.0. The van der Waals surface area contributed by atoms with Gasteiger partial charge in [0.25, 0.3) is 0 Å². The molecule has 54 valence electrons. The average Bonchev–Trinajstić information content (AvgIpc) is 1.85. The van der Waals surface area contributed by atoms with Crippen LogP contribution in [0.1, 0.15) is 19.8 Å². The zero-order valence-electron chi connectivity index (χ0n) is 5.63. The maximum absolute atomic E-state index is 9.80. The molecule has 0 saturated carbocycles. The predicted molar refractivity (Wildman–Crippen MR) is 35.0 cm³/mol. The number of nitrogens with one attached hydrogen (secondary N) is 1. The first-order valence-electron chi connectivity index (χ1n) is 3.11. The molecule has 9 heavy (non-hydrogen) atoms. The molecule has 0 aliphatic heterocycles. The monoisotopic (exact) mass is 131 g/mol. The Morgan fingerprint density at radius 1 is 1.78 bits per heavy atom. The molecule has 0 radical (unpaired) electrons. The highest BCUT2D eigenvalue weighted by molar-refractivity contribution is 5.46. The Bertz CT molecular complexity index is 75.5. The molecule has 0 heterocycles. The summed E-state index contributed by atoms with van der Waals surface area (Å²) in [5.74, 6) is 0. The lowest BCUT2D eigenvalue weighted by Gasteiger charge is -2.06. The zero-order chi connectivity index (χ0) is 7.11. The van der Waals surface area contributed by atoms with Crippen LogP contribution in [0.2, 0.25) is 0 Å². The Kier molecular flexibility index (Phi) is 5.21. The summed E-state index contributed by atoms with van der Waals surface area (Å²) in [7, 11) is 0. The van der Waals surface area contributed by atoms with Crippen molar-refractivity contribution < 1.29 is 9.90 Å². The number of hydrogen-bond donors (Lipinski definition) is 2. The molecule has 0 saturated heterocycles. The van der Waals surface area contributed by atoms with Crippen molar-refractivity contribution in [2.75, 3.05) is 6.61 Å². The van der Waals surface area contributed by atoms with Gasteiger partial charge in [0.05, 0.1) is 0 Å². The standard InChI is InChI=1S/C6H13NO2/c1-6(7-5-9)3-2-4-8/h5-6,8H,2-4H2,1H3,(H,7,9). The third-order valence-corrected chi connectivity index (χ3v) is 1.15. The van der Waals surface area contributed by atoms with E-state index in [9.17, 15) is 4.79 Å². The van der Waals surface area contributed by atoms with Crippen molar-refractivity contribution in [3.8, 4) is 0 Å². The largest absolute Gasteiger partial charge is 0.396 e. The number of carbonyl (C=O) groups is 1. The summed E-state index contributed by atoms with van der Waals surface area (Å²) < 4.78 is 0. The van der Waals surface area contributed by atoms with E-state index in [0.29, 0.717) is 6.41 Å². The molecule has 3 nitrogen and oxygen atoms in total. The van der Waals surface area contributed by atoms with Crippen molar-refractivity contribution in [3.05, 3.63) is 0 Å². The van der Waals surface area contributed by atoms with Crippen LogP contribution in [0.5, 0.6) is 0 Å². The molecule has 0 aromatic rings. The van der Waals surface area contributed by atoms with Crippen LogP contribution in [-0.2, 0) is 4.79 Å². The number of carbonyl (C=O) groups excluding carboxylic acids is 1. The maximum Gasteiger partial charge on any atom is 0.207 e. The topological polar surface area (TPSA) is 49.3 Å². The highest BCUT2D eigenvalue weighted by Crippen LogP contribution is 1.92. The van der Waals surface area contributed by atoms with E-state index in [1.807, 2.05) is 6.92 Å². The first-order chi connectivity index (χ1) is 4.31. The molecule has 0 spiro atoms. The Morgan fingerprint density at radius 2 is 2.44 bits per heavy atom. The SMILES string of the molecule is CC(CCCO)NC=O. The van der Waals surface area contributed by atoms with Gasteiger partial charge in [0.1, 0.15) is 0 Å². The minimum atomic E-state index is 0.189. The van der Waals surface area contributed by atoms with Gasteiger partial charge >= 0.3 is 0 Å². The summed E-state index contributed by atoms with van der Waals surface area (Å²) in [6, 6.07) is 0.189. The summed E-state index contributed by atoms with van der Waals surface area (Å²) >= 11 is 0. The normalized spacial score (nSPS) is 12.7. The van der Waals surface area contributed by atoms with Crippen molar-refractivity contribution in [3.63, 3.8) is 0 Å². The Balaban J connectivity index is 3.04. The molecule has 0 aliphatic rings. The first-order valence-corrected chi connectivity index (χ1v) is 3.11. The fourth-order valence-electron chi connectivity index (χ4n) is 0.597. The van der Waals surface area contributed by atoms with Gasteiger partial charge in [-0.2, -0.15) is 0 Å². The van der Waals surface area contributed by atoms with Gasteiger partial charge in [-0.1, -0.05) is 0 Å². The molecule has 0 aromatic heterocycles. The van der Waals surface area contributed by atoms with Crippen molar-refractivity contribution in [2.24, 2.45) is 0 Å². The second kappa shape index (κ2) is 5.56. The summed E-state index contributed by atoms with van der Waals surface area (Å²) in [4.78, 5) is 9.80. The van der Waals surface area contributed by atoms with Crippen molar-refractivity contribution in [1.82, 2.24) is 5.32 Å². The van der Waals surface area contributed by atoms with Crippen molar-refractivity contribution >= 4 is 6.41 Å². The lowest BCUT2D eigenvalue weighted by Crippen LogP contribution is -2.24. The van der Waals surface area contributed by atoms with Gasteiger partial charge in [-0.05, 0) is 19.8 Å². The van der Waals surface area contributed by atoms with Crippen LogP contribution in [0.3, 0.4) is 0 Å². The molecule has 1 unspecified atom stereocenters. The van der Waals surface area contributed by atoms with Gasteiger partial charge in [0.15, 0.2) is 0 Å². The lowest BCUT2D eigenvalue weighted by molar-refractivity contribution is -0.110. The van der Waals surface area contributed by atoms with Gasteiger partial charge < -0.3 is 10.4 Å². The van der Waals surface area contributed by atoms with E-state index in [2.05, 4.69) is 5.32 Å². The highest BCUT2D eigenvalue weighted by Gasteiger charge is 1.96. The molecular formula is C6H13NO2. The average molecular weight is 131 g/mol. The second-order valence-electron chi connectivity index (χ2n) is 2.05. The first kappa shape index (κ1) is 8.43. The van der Waals surface area contributed by atoms with Gasteiger partial charge in [-0.3, -0.25) is 4.79 Å².